The summed E-state index contributed by atoms with van der Waals surface area (Å²) in [7, 11) is 0. The van der Waals surface area contributed by atoms with Crippen LogP contribution < -0.4 is 4.90 Å². The maximum absolute atomic E-state index is 10.1. The molecule has 2 aromatic heterocycles. The number of fused-ring (bicyclic) bond motifs is 1. The van der Waals surface area contributed by atoms with Crippen LogP contribution in [0.15, 0.2) is 72.9 Å². The Bertz CT molecular complexity index is 972. The molecule has 1 aromatic carbocycles. The largest absolute Gasteiger partial charge is 0.506 e. The van der Waals surface area contributed by atoms with Gasteiger partial charge in [0.1, 0.15) is 11.4 Å². The maximum Gasteiger partial charge on any atom is 0.137 e. The van der Waals surface area contributed by atoms with E-state index >= 15 is 0 Å². The number of benzene rings is 1. The molecule has 25 heavy (non-hydrogen) atoms. The van der Waals surface area contributed by atoms with Crippen molar-refractivity contribution in [1.29, 1.82) is 0 Å². The Hall–Kier alpha value is -3.05. The van der Waals surface area contributed by atoms with E-state index in [0.29, 0.717) is 0 Å². The summed E-state index contributed by atoms with van der Waals surface area (Å²) in [5.74, 6) is 0.165. The highest BCUT2D eigenvalue weighted by Gasteiger charge is 2.23. The third kappa shape index (κ3) is 2.90. The van der Waals surface area contributed by atoms with Crippen LogP contribution in [-0.4, -0.2) is 32.3 Å². The number of allylic oxidation sites excluding steroid dienone is 1. The monoisotopic (exact) mass is 333 g/mol. The number of aliphatic hydroxyl groups is 2. The summed E-state index contributed by atoms with van der Waals surface area (Å²) < 4.78 is 0. The first kappa shape index (κ1) is 15.5. The number of aromatic amines is 1. The Balaban J connectivity index is 1.74. The number of rotatable bonds is 3. The van der Waals surface area contributed by atoms with E-state index in [0.717, 1.165) is 27.8 Å². The highest BCUT2D eigenvalue weighted by molar-refractivity contribution is 5.82. The van der Waals surface area contributed by atoms with Crippen molar-refractivity contribution in [2.75, 3.05) is 4.90 Å². The van der Waals surface area contributed by atoms with E-state index in [1.807, 2.05) is 47.6 Å². The van der Waals surface area contributed by atoms with Gasteiger partial charge in [0, 0.05) is 35.2 Å². The topological polar surface area (TPSA) is 72.4 Å². The smallest absolute Gasteiger partial charge is 0.137 e. The summed E-state index contributed by atoms with van der Waals surface area (Å²) >= 11 is 0. The molecule has 126 valence electrons. The van der Waals surface area contributed by atoms with Crippen LogP contribution in [0.4, 0.5) is 5.69 Å². The highest BCUT2D eigenvalue weighted by atomic mass is 16.3. The lowest BCUT2D eigenvalue weighted by atomic mass is 10.0. The average Bonchev–Trinajstić information content (AvgIpc) is 3.09. The van der Waals surface area contributed by atoms with Gasteiger partial charge in [-0.3, -0.25) is 0 Å². The third-order valence-electron chi connectivity index (χ3n) is 4.43. The number of aliphatic hydroxyl groups excluding tert-OH is 2. The maximum atomic E-state index is 10.1. The Morgan fingerprint density at radius 2 is 2.08 bits per heavy atom. The van der Waals surface area contributed by atoms with Gasteiger partial charge >= 0.3 is 0 Å². The Labute approximate surface area is 145 Å². The number of pyridine rings is 1. The number of hydrogen-bond donors (Lipinski definition) is 3. The van der Waals surface area contributed by atoms with Crippen LogP contribution in [0, 0.1) is 0 Å². The fourth-order valence-corrected chi connectivity index (χ4v) is 3.15. The summed E-state index contributed by atoms with van der Waals surface area (Å²) in [6, 6.07) is 11.9. The summed E-state index contributed by atoms with van der Waals surface area (Å²) in [5, 5.41) is 21.0. The van der Waals surface area contributed by atoms with Crippen LogP contribution in [0.25, 0.3) is 22.2 Å². The lowest BCUT2D eigenvalue weighted by Gasteiger charge is -2.33. The predicted octanol–water partition coefficient (Wildman–Crippen LogP) is 3.75. The third-order valence-corrected chi connectivity index (χ3v) is 4.43. The molecule has 0 amide bonds. The van der Waals surface area contributed by atoms with E-state index in [2.05, 4.69) is 16.0 Å². The minimum absolute atomic E-state index is 0.165. The van der Waals surface area contributed by atoms with Crippen molar-refractivity contribution in [1.82, 2.24) is 9.97 Å². The molecule has 3 heterocycles. The molecule has 4 rings (SSSR count). The second-order valence-corrected chi connectivity index (χ2v) is 6.24. The summed E-state index contributed by atoms with van der Waals surface area (Å²) in [6.07, 6.45) is 8.21. The number of H-pyrrole nitrogens is 1. The lowest BCUT2D eigenvalue weighted by Crippen LogP contribution is -2.39. The first-order chi connectivity index (χ1) is 12.1. The van der Waals surface area contributed by atoms with Crippen molar-refractivity contribution in [2.45, 2.75) is 19.1 Å². The van der Waals surface area contributed by atoms with E-state index in [1.54, 1.807) is 25.3 Å². The van der Waals surface area contributed by atoms with Crippen molar-refractivity contribution in [2.24, 2.45) is 0 Å². The fourth-order valence-electron chi connectivity index (χ4n) is 3.15. The van der Waals surface area contributed by atoms with Gasteiger partial charge < -0.3 is 20.1 Å². The van der Waals surface area contributed by atoms with Crippen molar-refractivity contribution in [3.63, 3.8) is 0 Å². The molecule has 0 bridgehead atoms. The van der Waals surface area contributed by atoms with E-state index < -0.39 is 6.10 Å². The zero-order valence-corrected chi connectivity index (χ0v) is 13.8. The molecule has 1 aliphatic rings. The lowest BCUT2D eigenvalue weighted by molar-refractivity contribution is 0.178. The molecule has 0 fully saturated rings. The molecule has 0 spiro atoms. The summed E-state index contributed by atoms with van der Waals surface area (Å²) in [6.45, 7) is 1.74. The average molecular weight is 333 g/mol. The second-order valence-electron chi connectivity index (χ2n) is 6.24. The molecule has 2 atom stereocenters. The minimum atomic E-state index is -0.567. The van der Waals surface area contributed by atoms with Gasteiger partial charge in [-0.15, -0.1) is 0 Å². The zero-order valence-electron chi connectivity index (χ0n) is 13.8. The first-order valence-electron chi connectivity index (χ1n) is 8.21. The standard InChI is InChI=1S/C20H19N3O2/c1-13(24)19-6-5-18(25)12-23(19)17-4-2-3-14(10-17)16-9-15-7-8-21-20(15)22-11-16/h2-13,19,24-25H,1H3,(H,21,22). The quantitative estimate of drug-likeness (QED) is 0.682. The highest BCUT2D eigenvalue weighted by Crippen LogP contribution is 2.29. The molecule has 3 N–H and O–H groups in total. The molecular weight excluding hydrogens is 314 g/mol. The van der Waals surface area contributed by atoms with Gasteiger partial charge in [-0.1, -0.05) is 18.2 Å². The van der Waals surface area contributed by atoms with E-state index in [4.69, 9.17) is 0 Å². The number of aromatic nitrogens is 2. The molecule has 0 radical (unpaired) electrons. The van der Waals surface area contributed by atoms with Crippen LogP contribution in [-0.2, 0) is 0 Å². The van der Waals surface area contributed by atoms with Gasteiger partial charge in [0.15, 0.2) is 0 Å². The van der Waals surface area contributed by atoms with Gasteiger partial charge in [0.25, 0.3) is 0 Å². The minimum Gasteiger partial charge on any atom is -0.506 e. The summed E-state index contributed by atoms with van der Waals surface area (Å²) in [5.41, 5.74) is 3.81. The molecule has 0 saturated heterocycles. The number of nitrogens with zero attached hydrogens (tertiary/aromatic N) is 2. The SMILES string of the molecule is CC(O)C1C=CC(O)=CN1c1cccc(-c2cnc3[nH]ccc3c2)c1. The normalized spacial score (nSPS) is 18.4. The van der Waals surface area contributed by atoms with E-state index in [1.165, 1.54) is 0 Å². The molecule has 0 saturated carbocycles. The van der Waals surface area contributed by atoms with Gasteiger partial charge in [-0.2, -0.15) is 0 Å². The molecule has 2 unspecified atom stereocenters. The van der Waals surface area contributed by atoms with Crippen LogP contribution in [0.5, 0.6) is 0 Å². The first-order valence-corrected chi connectivity index (χ1v) is 8.21. The number of anilines is 1. The fraction of sp³-hybridized carbons (Fsp3) is 0.150. The van der Waals surface area contributed by atoms with Crippen molar-refractivity contribution >= 4 is 16.7 Å². The predicted molar refractivity (Wildman–Crippen MR) is 99.3 cm³/mol. The van der Waals surface area contributed by atoms with Crippen molar-refractivity contribution < 1.29 is 10.2 Å². The Kier molecular flexibility index (Phi) is 3.78. The van der Waals surface area contributed by atoms with Gasteiger partial charge in [0.05, 0.1) is 12.1 Å². The van der Waals surface area contributed by atoms with Crippen LogP contribution in [0.2, 0.25) is 0 Å². The molecule has 0 aliphatic carbocycles. The molecule has 5 heteroatoms. The van der Waals surface area contributed by atoms with Gasteiger partial charge in [-0.05, 0) is 42.8 Å². The second kappa shape index (κ2) is 6.11. The zero-order chi connectivity index (χ0) is 17.4. The van der Waals surface area contributed by atoms with Crippen LogP contribution in [0.1, 0.15) is 6.92 Å². The Morgan fingerprint density at radius 1 is 1.20 bits per heavy atom. The summed E-state index contributed by atoms with van der Waals surface area (Å²) in [4.78, 5) is 9.42. The van der Waals surface area contributed by atoms with Gasteiger partial charge in [-0.25, -0.2) is 4.98 Å². The molecule has 5 nitrogen and oxygen atoms in total. The molecular formula is C20H19N3O2. The number of nitrogens with one attached hydrogen (secondary N) is 1. The van der Waals surface area contributed by atoms with Gasteiger partial charge in [0.2, 0.25) is 0 Å². The van der Waals surface area contributed by atoms with E-state index in [9.17, 15) is 10.2 Å². The van der Waals surface area contributed by atoms with Crippen molar-refractivity contribution in [3.05, 3.63) is 72.9 Å². The van der Waals surface area contributed by atoms with E-state index in [-0.39, 0.29) is 11.8 Å². The molecule has 3 aromatic rings. The Morgan fingerprint density at radius 3 is 2.92 bits per heavy atom. The number of hydrogen-bond acceptors (Lipinski definition) is 4. The van der Waals surface area contributed by atoms with Crippen LogP contribution in [0.3, 0.4) is 0 Å². The van der Waals surface area contributed by atoms with Crippen LogP contribution >= 0.6 is 0 Å². The van der Waals surface area contributed by atoms with Crippen molar-refractivity contribution in [3.8, 4) is 11.1 Å². The molecule has 1 aliphatic heterocycles.